The van der Waals surface area contributed by atoms with Crippen LogP contribution in [0.15, 0.2) is 34.9 Å². The summed E-state index contributed by atoms with van der Waals surface area (Å²) in [7, 11) is 0. The monoisotopic (exact) mass is 336 g/mol. The van der Waals surface area contributed by atoms with E-state index in [4.69, 9.17) is 5.11 Å². The molecule has 20 heavy (non-hydrogen) atoms. The van der Waals surface area contributed by atoms with Crippen LogP contribution < -0.4 is 0 Å². The number of hydrogen-bond donors (Lipinski definition) is 1. The smallest absolute Gasteiger partial charge is 0.317 e. The van der Waals surface area contributed by atoms with E-state index in [0.717, 1.165) is 33.9 Å². The van der Waals surface area contributed by atoms with E-state index in [9.17, 15) is 4.79 Å². The first-order chi connectivity index (χ1) is 9.61. The Morgan fingerprint density at radius 2 is 2.20 bits per heavy atom. The van der Waals surface area contributed by atoms with E-state index in [2.05, 4.69) is 20.9 Å². The number of aromatic nitrogens is 1. The second-order valence-electron chi connectivity index (χ2n) is 4.71. The molecule has 0 aliphatic rings. The lowest BCUT2D eigenvalue weighted by Gasteiger charge is -2.20. The van der Waals surface area contributed by atoms with Crippen LogP contribution in [0.4, 0.5) is 0 Å². The molecule has 2 rings (SSSR count). The van der Waals surface area contributed by atoms with E-state index >= 15 is 0 Å². The first kappa shape index (κ1) is 14.9. The Morgan fingerprint density at radius 1 is 1.40 bits per heavy atom. The van der Waals surface area contributed by atoms with Gasteiger partial charge < -0.3 is 5.11 Å². The molecule has 4 nitrogen and oxygen atoms in total. The van der Waals surface area contributed by atoms with Crippen LogP contribution in [0.5, 0.6) is 0 Å². The van der Waals surface area contributed by atoms with Crippen molar-refractivity contribution in [1.82, 2.24) is 9.88 Å². The van der Waals surface area contributed by atoms with Crippen molar-refractivity contribution in [3.05, 3.63) is 40.5 Å². The minimum absolute atomic E-state index is 0.0538. The second kappa shape index (κ2) is 6.81. The molecule has 0 amide bonds. The molecular formula is C15H17BrN2O2. The highest BCUT2D eigenvalue weighted by atomic mass is 79.9. The van der Waals surface area contributed by atoms with Gasteiger partial charge in [0, 0.05) is 22.6 Å². The van der Waals surface area contributed by atoms with Crippen LogP contribution in [-0.4, -0.2) is 34.0 Å². The molecule has 1 heterocycles. The Labute approximate surface area is 126 Å². The molecule has 0 fully saturated rings. The summed E-state index contributed by atoms with van der Waals surface area (Å²) in [6.45, 7) is 3.46. The number of rotatable bonds is 6. The quantitative estimate of drug-likeness (QED) is 0.879. The van der Waals surface area contributed by atoms with Gasteiger partial charge in [-0.15, -0.1) is 0 Å². The summed E-state index contributed by atoms with van der Waals surface area (Å²) in [5, 5.41) is 10.0. The van der Waals surface area contributed by atoms with Crippen LogP contribution in [0, 0.1) is 0 Å². The SMILES string of the molecule is CCCN(CC(=O)O)Cc1ccc(Br)c2cccnc12. The normalized spacial score (nSPS) is 11.2. The molecule has 106 valence electrons. The highest BCUT2D eigenvalue weighted by Crippen LogP contribution is 2.26. The fourth-order valence-electron chi connectivity index (χ4n) is 2.29. The number of hydrogen-bond acceptors (Lipinski definition) is 3. The Morgan fingerprint density at radius 3 is 2.90 bits per heavy atom. The van der Waals surface area contributed by atoms with Crippen molar-refractivity contribution in [3.63, 3.8) is 0 Å². The largest absolute Gasteiger partial charge is 0.480 e. The Kier molecular flexibility index (Phi) is 5.09. The second-order valence-corrected chi connectivity index (χ2v) is 5.56. The van der Waals surface area contributed by atoms with Gasteiger partial charge >= 0.3 is 5.97 Å². The summed E-state index contributed by atoms with van der Waals surface area (Å²) in [6.07, 6.45) is 2.69. The third-order valence-electron chi connectivity index (χ3n) is 3.09. The van der Waals surface area contributed by atoms with Gasteiger partial charge in [0.25, 0.3) is 0 Å². The molecule has 0 atom stereocenters. The maximum Gasteiger partial charge on any atom is 0.317 e. The highest BCUT2D eigenvalue weighted by Gasteiger charge is 2.12. The van der Waals surface area contributed by atoms with E-state index in [-0.39, 0.29) is 6.54 Å². The van der Waals surface area contributed by atoms with Gasteiger partial charge in [-0.05, 0) is 30.7 Å². The van der Waals surface area contributed by atoms with Crippen LogP contribution >= 0.6 is 15.9 Å². The number of carbonyl (C=O) groups is 1. The maximum absolute atomic E-state index is 10.9. The van der Waals surface area contributed by atoms with Crippen molar-refractivity contribution in [2.24, 2.45) is 0 Å². The minimum atomic E-state index is -0.798. The van der Waals surface area contributed by atoms with E-state index < -0.39 is 5.97 Å². The van der Waals surface area contributed by atoms with Crippen LogP contribution in [-0.2, 0) is 11.3 Å². The fourth-order valence-corrected chi connectivity index (χ4v) is 2.74. The predicted octanol–water partition coefficient (Wildman–Crippen LogP) is 3.29. The molecule has 1 aromatic heterocycles. The molecule has 0 aliphatic heterocycles. The van der Waals surface area contributed by atoms with E-state index in [1.165, 1.54) is 0 Å². The number of benzene rings is 1. The molecule has 2 aromatic rings. The van der Waals surface area contributed by atoms with Crippen LogP contribution in [0.3, 0.4) is 0 Å². The molecule has 0 radical (unpaired) electrons. The summed E-state index contributed by atoms with van der Waals surface area (Å²) in [5.74, 6) is -0.798. The lowest BCUT2D eigenvalue weighted by molar-refractivity contribution is -0.138. The Bertz CT molecular complexity index is 616. The molecule has 0 saturated heterocycles. The first-order valence-electron chi connectivity index (χ1n) is 6.58. The summed E-state index contributed by atoms with van der Waals surface area (Å²) in [6, 6.07) is 7.91. The topological polar surface area (TPSA) is 53.4 Å². The fraction of sp³-hybridized carbons (Fsp3) is 0.333. The molecule has 0 unspecified atom stereocenters. The lowest BCUT2D eigenvalue weighted by Crippen LogP contribution is -2.30. The van der Waals surface area contributed by atoms with Gasteiger partial charge in [0.2, 0.25) is 0 Å². The van der Waals surface area contributed by atoms with Crippen LogP contribution in [0.1, 0.15) is 18.9 Å². The summed E-state index contributed by atoms with van der Waals surface area (Å²) in [4.78, 5) is 17.3. The zero-order valence-electron chi connectivity index (χ0n) is 11.3. The van der Waals surface area contributed by atoms with Crippen molar-refractivity contribution >= 4 is 32.8 Å². The number of carboxylic acids is 1. The number of carboxylic acid groups (broad SMARTS) is 1. The van der Waals surface area contributed by atoms with Gasteiger partial charge in [-0.2, -0.15) is 0 Å². The zero-order valence-corrected chi connectivity index (χ0v) is 12.9. The third-order valence-corrected chi connectivity index (χ3v) is 3.78. The standard InChI is InChI=1S/C15H17BrN2O2/c1-2-8-18(10-14(19)20)9-11-5-6-13(16)12-4-3-7-17-15(11)12/h3-7H,2,8-10H2,1H3,(H,19,20). The van der Waals surface area contributed by atoms with Crippen molar-refractivity contribution < 1.29 is 9.90 Å². The van der Waals surface area contributed by atoms with Gasteiger partial charge in [-0.3, -0.25) is 14.7 Å². The Hall–Kier alpha value is -1.46. The number of aliphatic carboxylic acids is 1. The molecular weight excluding hydrogens is 320 g/mol. The average Bonchev–Trinajstić information content (AvgIpc) is 2.42. The number of fused-ring (bicyclic) bond motifs is 1. The van der Waals surface area contributed by atoms with Crippen molar-refractivity contribution in [3.8, 4) is 0 Å². The first-order valence-corrected chi connectivity index (χ1v) is 7.37. The summed E-state index contributed by atoms with van der Waals surface area (Å²) in [5.41, 5.74) is 1.98. The van der Waals surface area contributed by atoms with Crippen LogP contribution in [0.25, 0.3) is 10.9 Å². The zero-order chi connectivity index (χ0) is 14.5. The number of pyridine rings is 1. The third kappa shape index (κ3) is 3.55. The van der Waals surface area contributed by atoms with Gasteiger partial charge in [0.05, 0.1) is 12.1 Å². The minimum Gasteiger partial charge on any atom is -0.480 e. The molecule has 0 spiro atoms. The van der Waals surface area contributed by atoms with E-state index in [1.807, 2.05) is 36.1 Å². The van der Waals surface area contributed by atoms with Crippen molar-refractivity contribution in [2.75, 3.05) is 13.1 Å². The van der Waals surface area contributed by atoms with Crippen molar-refractivity contribution in [1.29, 1.82) is 0 Å². The summed E-state index contributed by atoms with van der Waals surface area (Å²) < 4.78 is 1.00. The average molecular weight is 337 g/mol. The molecule has 1 N–H and O–H groups in total. The summed E-state index contributed by atoms with van der Waals surface area (Å²) >= 11 is 3.52. The van der Waals surface area contributed by atoms with Gasteiger partial charge in [0.15, 0.2) is 0 Å². The van der Waals surface area contributed by atoms with E-state index in [1.54, 1.807) is 6.20 Å². The number of nitrogens with zero attached hydrogens (tertiary/aromatic N) is 2. The van der Waals surface area contributed by atoms with Crippen LogP contribution in [0.2, 0.25) is 0 Å². The van der Waals surface area contributed by atoms with Crippen molar-refractivity contribution in [2.45, 2.75) is 19.9 Å². The van der Waals surface area contributed by atoms with Gasteiger partial charge in [0.1, 0.15) is 0 Å². The van der Waals surface area contributed by atoms with Gasteiger partial charge in [-0.1, -0.05) is 35.0 Å². The number of halogens is 1. The molecule has 0 aliphatic carbocycles. The molecule has 0 saturated carbocycles. The lowest BCUT2D eigenvalue weighted by atomic mass is 10.1. The van der Waals surface area contributed by atoms with Gasteiger partial charge in [-0.25, -0.2) is 0 Å². The molecule has 0 bridgehead atoms. The van der Waals surface area contributed by atoms with E-state index in [0.29, 0.717) is 6.54 Å². The molecule has 1 aromatic carbocycles. The molecule has 5 heteroatoms. The maximum atomic E-state index is 10.9. The highest BCUT2D eigenvalue weighted by molar-refractivity contribution is 9.10. The Balaban J connectivity index is 2.32. The predicted molar refractivity (Wildman–Crippen MR) is 82.6 cm³/mol.